The van der Waals surface area contributed by atoms with Crippen molar-refractivity contribution in [3.8, 4) is 0 Å². The second kappa shape index (κ2) is 8.16. The van der Waals surface area contributed by atoms with Crippen molar-refractivity contribution in [2.45, 2.75) is 19.4 Å². The first-order chi connectivity index (χ1) is 9.52. The van der Waals surface area contributed by atoms with E-state index in [9.17, 15) is 9.59 Å². The van der Waals surface area contributed by atoms with Crippen LogP contribution in [0.1, 0.15) is 22.8 Å². The lowest BCUT2D eigenvalue weighted by Crippen LogP contribution is -2.40. The number of ether oxygens (including phenoxy) is 1. The molecule has 0 aliphatic heterocycles. The summed E-state index contributed by atoms with van der Waals surface area (Å²) in [7, 11) is 1.59. The molecule has 1 atom stereocenters. The fraction of sp³-hybridized carbons (Fsp3) is 0.429. The lowest BCUT2D eigenvalue weighted by Gasteiger charge is -2.11. The highest BCUT2D eigenvalue weighted by molar-refractivity contribution is 5.87. The van der Waals surface area contributed by atoms with Crippen LogP contribution in [0.2, 0.25) is 0 Å². The van der Waals surface area contributed by atoms with E-state index >= 15 is 0 Å². The molecule has 6 heteroatoms. The SMILES string of the molecule is COC(C)CNC(=O)NCCc1ccc(C(=O)O)cc1. The average molecular weight is 280 g/mol. The number of aromatic carboxylic acids is 1. The Hall–Kier alpha value is -2.08. The third-order valence-corrected chi connectivity index (χ3v) is 2.85. The van der Waals surface area contributed by atoms with E-state index in [4.69, 9.17) is 9.84 Å². The second-order valence-corrected chi connectivity index (χ2v) is 4.44. The first-order valence-electron chi connectivity index (χ1n) is 6.39. The van der Waals surface area contributed by atoms with Crippen LogP contribution in [0.4, 0.5) is 4.79 Å². The molecule has 0 aliphatic carbocycles. The molecule has 0 aromatic heterocycles. The van der Waals surface area contributed by atoms with Gasteiger partial charge in [0, 0.05) is 20.2 Å². The van der Waals surface area contributed by atoms with Crippen LogP contribution in [0.15, 0.2) is 24.3 Å². The molecular weight excluding hydrogens is 260 g/mol. The summed E-state index contributed by atoms with van der Waals surface area (Å²) in [6, 6.07) is 6.36. The third-order valence-electron chi connectivity index (χ3n) is 2.85. The van der Waals surface area contributed by atoms with E-state index in [0.717, 1.165) is 5.56 Å². The summed E-state index contributed by atoms with van der Waals surface area (Å²) in [6.07, 6.45) is 0.622. The predicted octanol–water partition coefficient (Wildman–Crippen LogP) is 1.26. The minimum absolute atomic E-state index is 0.0238. The fourth-order valence-corrected chi connectivity index (χ4v) is 1.52. The van der Waals surface area contributed by atoms with Gasteiger partial charge in [0.15, 0.2) is 0 Å². The van der Waals surface area contributed by atoms with Crippen LogP contribution < -0.4 is 10.6 Å². The number of urea groups is 1. The van der Waals surface area contributed by atoms with Crippen LogP contribution in [0, 0.1) is 0 Å². The van der Waals surface area contributed by atoms with Crippen molar-refractivity contribution in [1.29, 1.82) is 0 Å². The van der Waals surface area contributed by atoms with Gasteiger partial charge in [-0.25, -0.2) is 9.59 Å². The van der Waals surface area contributed by atoms with Crippen LogP contribution in [-0.2, 0) is 11.2 Å². The number of carbonyl (C=O) groups excluding carboxylic acids is 1. The first kappa shape index (κ1) is 16.0. The minimum Gasteiger partial charge on any atom is -0.478 e. The molecule has 0 radical (unpaired) electrons. The van der Waals surface area contributed by atoms with Crippen molar-refractivity contribution < 1.29 is 19.4 Å². The number of benzene rings is 1. The summed E-state index contributed by atoms with van der Waals surface area (Å²) < 4.78 is 5.01. The van der Waals surface area contributed by atoms with Gasteiger partial charge in [0.25, 0.3) is 0 Å². The van der Waals surface area contributed by atoms with Crippen molar-refractivity contribution in [1.82, 2.24) is 10.6 Å². The Morgan fingerprint density at radius 1 is 1.25 bits per heavy atom. The molecular formula is C14H20N2O4. The average Bonchev–Trinajstić information content (AvgIpc) is 2.45. The van der Waals surface area contributed by atoms with E-state index in [1.807, 2.05) is 6.92 Å². The van der Waals surface area contributed by atoms with E-state index in [0.29, 0.717) is 19.5 Å². The van der Waals surface area contributed by atoms with Crippen LogP contribution in [0.5, 0.6) is 0 Å². The fourth-order valence-electron chi connectivity index (χ4n) is 1.52. The van der Waals surface area contributed by atoms with Gasteiger partial charge in [-0.15, -0.1) is 0 Å². The summed E-state index contributed by atoms with van der Waals surface area (Å²) in [5.41, 5.74) is 1.23. The lowest BCUT2D eigenvalue weighted by molar-refractivity contribution is 0.0697. The van der Waals surface area contributed by atoms with Crippen molar-refractivity contribution in [2.24, 2.45) is 0 Å². The Balaban J connectivity index is 2.26. The smallest absolute Gasteiger partial charge is 0.335 e. The molecule has 0 saturated heterocycles. The maximum Gasteiger partial charge on any atom is 0.335 e. The molecule has 1 aromatic rings. The van der Waals surface area contributed by atoms with E-state index in [-0.39, 0.29) is 17.7 Å². The van der Waals surface area contributed by atoms with Gasteiger partial charge < -0.3 is 20.5 Å². The van der Waals surface area contributed by atoms with Crippen molar-refractivity contribution >= 4 is 12.0 Å². The van der Waals surface area contributed by atoms with E-state index in [1.165, 1.54) is 0 Å². The molecule has 1 rings (SSSR count). The van der Waals surface area contributed by atoms with Crippen LogP contribution in [-0.4, -0.2) is 43.4 Å². The molecule has 110 valence electrons. The molecule has 6 nitrogen and oxygen atoms in total. The lowest BCUT2D eigenvalue weighted by atomic mass is 10.1. The van der Waals surface area contributed by atoms with E-state index < -0.39 is 5.97 Å². The molecule has 0 saturated carbocycles. The number of carboxylic acids is 1. The summed E-state index contributed by atoms with van der Waals surface area (Å²) >= 11 is 0. The van der Waals surface area contributed by atoms with Gasteiger partial charge in [0.1, 0.15) is 0 Å². The van der Waals surface area contributed by atoms with Gasteiger partial charge in [-0.05, 0) is 31.0 Å². The molecule has 1 aromatic carbocycles. The Bertz CT molecular complexity index is 445. The Morgan fingerprint density at radius 2 is 1.90 bits per heavy atom. The number of nitrogens with one attached hydrogen (secondary N) is 2. The summed E-state index contributed by atoms with van der Waals surface area (Å²) in [6.45, 7) is 2.81. The molecule has 20 heavy (non-hydrogen) atoms. The van der Waals surface area contributed by atoms with Crippen molar-refractivity contribution in [2.75, 3.05) is 20.2 Å². The Labute approximate surface area is 118 Å². The highest BCUT2D eigenvalue weighted by Gasteiger charge is 2.04. The number of hydrogen-bond acceptors (Lipinski definition) is 3. The number of methoxy groups -OCH3 is 1. The molecule has 0 bridgehead atoms. The predicted molar refractivity (Wildman–Crippen MR) is 75.0 cm³/mol. The van der Waals surface area contributed by atoms with Gasteiger partial charge in [0.05, 0.1) is 11.7 Å². The van der Waals surface area contributed by atoms with E-state index in [1.54, 1.807) is 31.4 Å². The van der Waals surface area contributed by atoms with Crippen LogP contribution in [0.3, 0.4) is 0 Å². The van der Waals surface area contributed by atoms with Gasteiger partial charge >= 0.3 is 12.0 Å². The zero-order valence-corrected chi connectivity index (χ0v) is 11.7. The Morgan fingerprint density at radius 3 is 2.45 bits per heavy atom. The highest BCUT2D eigenvalue weighted by atomic mass is 16.5. The topological polar surface area (TPSA) is 87.7 Å². The number of hydrogen-bond donors (Lipinski definition) is 3. The first-order valence-corrected chi connectivity index (χ1v) is 6.39. The monoisotopic (exact) mass is 280 g/mol. The maximum absolute atomic E-state index is 11.4. The molecule has 3 N–H and O–H groups in total. The minimum atomic E-state index is -0.943. The van der Waals surface area contributed by atoms with Crippen LogP contribution in [0.25, 0.3) is 0 Å². The molecule has 0 heterocycles. The van der Waals surface area contributed by atoms with Gasteiger partial charge in [-0.2, -0.15) is 0 Å². The normalized spacial score (nSPS) is 11.7. The molecule has 0 fully saturated rings. The highest BCUT2D eigenvalue weighted by Crippen LogP contribution is 2.04. The molecule has 2 amide bonds. The Kier molecular flexibility index (Phi) is 6.52. The maximum atomic E-state index is 11.4. The molecule has 0 spiro atoms. The number of carboxylic acid groups (broad SMARTS) is 1. The zero-order chi connectivity index (χ0) is 15.0. The van der Waals surface area contributed by atoms with E-state index in [2.05, 4.69) is 10.6 Å². The van der Waals surface area contributed by atoms with Crippen molar-refractivity contribution in [3.63, 3.8) is 0 Å². The van der Waals surface area contributed by atoms with Crippen LogP contribution >= 0.6 is 0 Å². The number of amides is 2. The molecule has 1 unspecified atom stereocenters. The number of rotatable bonds is 7. The van der Waals surface area contributed by atoms with Crippen molar-refractivity contribution in [3.05, 3.63) is 35.4 Å². The van der Waals surface area contributed by atoms with Gasteiger partial charge in [-0.3, -0.25) is 0 Å². The molecule has 0 aliphatic rings. The second-order valence-electron chi connectivity index (χ2n) is 4.44. The quantitative estimate of drug-likeness (QED) is 0.701. The third kappa shape index (κ3) is 5.71. The largest absolute Gasteiger partial charge is 0.478 e. The van der Waals surface area contributed by atoms with Gasteiger partial charge in [0.2, 0.25) is 0 Å². The standard InChI is InChI=1S/C14H20N2O4/c1-10(20-2)9-16-14(19)15-8-7-11-3-5-12(6-4-11)13(17)18/h3-6,10H,7-9H2,1-2H3,(H,17,18)(H2,15,16,19). The summed E-state index contributed by atoms with van der Waals surface area (Å²) in [5, 5.41) is 14.2. The summed E-state index contributed by atoms with van der Waals surface area (Å²) in [5.74, 6) is -0.943. The summed E-state index contributed by atoms with van der Waals surface area (Å²) in [4.78, 5) is 22.1. The zero-order valence-electron chi connectivity index (χ0n) is 11.7. The number of carbonyl (C=O) groups is 2. The van der Waals surface area contributed by atoms with Gasteiger partial charge in [-0.1, -0.05) is 12.1 Å².